The number of carboxylic acids is 1. The fourth-order valence-electron chi connectivity index (χ4n) is 1.29. The van der Waals surface area contributed by atoms with Crippen molar-refractivity contribution in [3.8, 4) is 0 Å². The van der Waals surface area contributed by atoms with Gasteiger partial charge < -0.3 is 5.11 Å². The van der Waals surface area contributed by atoms with E-state index < -0.39 is 5.97 Å². The third kappa shape index (κ3) is 1.69. The van der Waals surface area contributed by atoms with Gasteiger partial charge in [0, 0.05) is 0 Å². The van der Waals surface area contributed by atoms with Gasteiger partial charge in [-0.15, -0.1) is 0 Å². The first-order valence-electron chi connectivity index (χ1n) is 3.68. The maximum absolute atomic E-state index is 10.5. The average molecular weight is 160 g/mol. The highest BCUT2D eigenvalue weighted by atomic mass is 31.1. The van der Waals surface area contributed by atoms with Gasteiger partial charge in [0.15, 0.2) is 0 Å². The highest BCUT2D eigenvalue weighted by Gasteiger charge is 2.25. The summed E-state index contributed by atoms with van der Waals surface area (Å²) in [5.41, 5.74) is -0.0579. The Labute approximate surface area is 62.4 Å². The molecule has 0 spiro atoms. The molecule has 3 heteroatoms. The van der Waals surface area contributed by atoms with Crippen molar-refractivity contribution in [3.63, 3.8) is 0 Å². The number of rotatable bonds is 2. The van der Waals surface area contributed by atoms with Gasteiger partial charge in [0.2, 0.25) is 0 Å². The summed E-state index contributed by atoms with van der Waals surface area (Å²) in [4.78, 5) is 10.5. The molecule has 1 atom stereocenters. The van der Waals surface area contributed by atoms with Gasteiger partial charge in [-0.1, -0.05) is 7.92 Å². The normalized spacial score (nSPS) is 22.9. The molecule has 0 bridgehead atoms. The summed E-state index contributed by atoms with van der Waals surface area (Å²) in [6.07, 6.45) is 4.87. The Bertz CT molecular complexity index is 130. The van der Waals surface area contributed by atoms with E-state index in [1.807, 2.05) is 6.92 Å². The summed E-state index contributed by atoms with van der Waals surface area (Å²) < 4.78 is 0. The van der Waals surface area contributed by atoms with Gasteiger partial charge in [0.05, 0.1) is 5.66 Å². The fraction of sp³-hybridized carbons (Fsp3) is 0.857. The molecule has 1 N–H and O–H groups in total. The predicted octanol–water partition coefficient (Wildman–Crippen LogP) is 1.74. The van der Waals surface area contributed by atoms with Crippen LogP contribution >= 0.6 is 7.92 Å². The van der Waals surface area contributed by atoms with Crippen molar-refractivity contribution in [2.45, 2.75) is 25.4 Å². The lowest BCUT2D eigenvalue weighted by Crippen LogP contribution is -2.14. The van der Waals surface area contributed by atoms with Gasteiger partial charge in [-0.3, -0.25) is 4.79 Å². The van der Waals surface area contributed by atoms with Crippen LogP contribution in [0.3, 0.4) is 0 Å². The van der Waals surface area contributed by atoms with E-state index in [1.54, 1.807) is 0 Å². The van der Waals surface area contributed by atoms with Crippen LogP contribution in [0, 0.1) is 0 Å². The van der Waals surface area contributed by atoms with Crippen molar-refractivity contribution >= 4 is 13.9 Å². The number of carboxylic acid groups (broad SMARTS) is 1. The molecule has 1 rings (SSSR count). The van der Waals surface area contributed by atoms with Gasteiger partial charge in [-0.25, -0.2) is 0 Å². The molecule has 0 aromatic carbocycles. The molecule has 0 amide bonds. The SMILES string of the molecule is CC(C(=O)O)P1CCCC1. The van der Waals surface area contributed by atoms with Gasteiger partial charge in [0.25, 0.3) is 0 Å². The first-order valence-corrected chi connectivity index (χ1v) is 5.47. The van der Waals surface area contributed by atoms with Crippen LogP contribution in [0.5, 0.6) is 0 Å². The zero-order valence-corrected chi connectivity index (χ0v) is 7.10. The van der Waals surface area contributed by atoms with E-state index >= 15 is 0 Å². The average Bonchev–Trinajstić information content (AvgIpc) is 2.36. The van der Waals surface area contributed by atoms with Crippen molar-refractivity contribution in [1.82, 2.24) is 0 Å². The van der Waals surface area contributed by atoms with Crippen LogP contribution in [0.25, 0.3) is 0 Å². The van der Waals surface area contributed by atoms with Gasteiger partial charge in [-0.05, 0) is 32.1 Å². The summed E-state index contributed by atoms with van der Waals surface area (Å²) in [5, 5.41) is 8.66. The van der Waals surface area contributed by atoms with Crippen LogP contribution < -0.4 is 0 Å². The zero-order valence-electron chi connectivity index (χ0n) is 6.21. The number of hydrogen-bond acceptors (Lipinski definition) is 1. The van der Waals surface area contributed by atoms with Crippen LogP contribution in [0.1, 0.15) is 19.8 Å². The third-order valence-electron chi connectivity index (χ3n) is 2.05. The molecule has 2 nitrogen and oxygen atoms in total. The summed E-state index contributed by atoms with van der Waals surface area (Å²) >= 11 is 0. The molecule has 10 heavy (non-hydrogen) atoms. The van der Waals surface area contributed by atoms with Crippen molar-refractivity contribution in [2.24, 2.45) is 0 Å². The summed E-state index contributed by atoms with van der Waals surface area (Å²) in [6.45, 7) is 1.85. The summed E-state index contributed by atoms with van der Waals surface area (Å²) in [5.74, 6) is -0.604. The molecule has 0 radical (unpaired) electrons. The number of carbonyl (C=O) groups is 1. The van der Waals surface area contributed by atoms with Gasteiger partial charge in [-0.2, -0.15) is 0 Å². The van der Waals surface area contributed by atoms with Crippen LogP contribution in [-0.2, 0) is 4.79 Å². The van der Waals surface area contributed by atoms with Gasteiger partial charge in [0.1, 0.15) is 0 Å². The minimum absolute atomic E-state index is 0.0579. The largest absolute Gasteiger partial charge is 0.481 e. The second-order valence-corrected chi connectivity index (χ2v) is 5.60. The molecular formula is C7H13O2P. The topological polar surface area (TPSA) is 37.3 Å². The monoisotopic (exact) mass is 160 g/mol. The van der Waals surface area contributed by atoms with E-state index in [2.05, 4.69) is 0 Å². The van der Waals surface area contributed by atoms with E-state index in [-0.39, 0.29) is 13.6 Å². The van der Waals surface area contributed by atoms with Crippen LogP contribution in [-0.4, -0.2) is 29.1 Å². The van der Waals surface area contributed by atoms with E-state index in [1.165, 1.54) is 25.2 Å². The Hall–Kier alpha value is -0.100. The standard InChI is InChI=1S/C7H13O2P/c1-6(7(8)9)10-4-2-3-5-10/h6H,2-5H2,1H3,(H,8,9). The Morgan fingerprint density at radius 3 is 2.40 bits per heavy atom. The quantitative estimate of drug-likeness (QED) is 0.624. The fourth-order valence-corrected chi connectivity index (χ4v) is 3.86. The number of aliphatic carboxylic acids is 1. The molecule has 1 aliphatic heterocycles. The second-order valence-electron chi connectivity index (χ2n) is 2.76. The Morgan fingerprint density at radius 2 is 2.00 bits per heavy atom. The highest BCUT2D eigenvalue weighted by molar-refractivity contribution is 7.59. The third-order valence-corrected chi connectivity index (χ3v) is 5.14. The van der Waals surface area contributed by atoms with E-state index in [9.17, 15) is 4.79 Å². The van der Waals surface area contributed by atoms with Crippen LogP contribution in [0.4, 0.5) is 0 Å². The lowest BCUT2D eigenvalue weighted by Gasteiger charge is -2.13. The molecule has 0 aliphatic carbocycles. The lowest BCUT2D eigenvalue weighted by atomic mass is 10.4. The molecular weight excluding hydrogens is 147 g/mol. The van der Waals surface area contributed by atoms with Crippen molar-refractivity contribution in [3.05, 3.63) is 0 Å². The van der Waals surface area contributed by atoms with Crippen molar-refractivity contribution < 1.29 is 9.90 Å². The minimum Gasteiger partial charge on any atom is -0.481 e. The van der Waals surface area contributed by atoms with Crippen molar-refractivity contribution in [2.75, 3.05) is 12.3 Å². The molecule has 0 aromatic heterocycles. The highest BCUT2D eigenvalue weighted by Crippen LogP contribution is 2.47. The summed E-state index contributed by atoms with van der Waals surface area (Å²) in [7, 11) is -0.145. The smallest absolute Gasteiger partial charge is 0.310 e. The Kier molecular flexibility index (Phi) is 2.67. The Balaban J connectivity index is 2.39. The molecule has 1 aliphatic rings. The zero-order chi connectivity index (χ0) is 7.56. The molecule has 1 fully saturated rings. The van der Waals surface area contributed by atoms with E-state index in [0.29, 0.717) is 0 Å². The molecule has 0 saturated carbocycles. The first-order chi connectivity index (χ1) is 4.72. The predicted molar refractivity (Wildman–Crippen MR) is 43.0 cm³/mol. The minimum atomic E-state index is -0.604. The molecule has 0 aromatic rings. The number of hydrogen-bond donors (Lipinski definition) is 1. The maximum Gasteiger partial charge on any atom is 0.310 e. The van der Waals surface area contributed by atoms with Crippen molar-refractivity contribution in [1.29, 1.82) is 0 Å². The maximum atomic E-state index is 10.5. The molecule has 1 unspecified atom stereocenters. The molecule has 1 saturated heterocycles. The van der Waals surface area contributed by atoms with E-state index in [4.69, 9.17) is 5.11 Å². The lowest BCUT2D eigenvalue weighted by molar-refractivity contribution is -0.136. The summed E-state index contributed by atoms with van der Waals surface area (Å²) in [6, 6.07) is 0. The van der Waals surface area contributed by atoms with Gasteiger partial charge >= 0.3 is 5.97 Å². The molecule has 1 heterocycles. The van der Waals surface area contributed by atoms with E-state index in [0.717, 1.165) is 0 Å². The second kappa shape index (κ2) is 3.34. The van der Waals surface area contributed by atoms with Crippen LogP contribution in [0.15, 0.2) is 0 Å². The first kappa shape index (κ1) is 8.00. The van der Waals surface area contributed by atoms with Crippen LogP contribution in [0.2, 0.25) is 0 Å². The Morgan fingerprint density at radius 1 is 1.50 bits per heavy atom. The molecule has 58 valence electrons.